The van der Waals surface area contributed by atoms with Gasteiger partial charge in [0.2, 0.25) is 0 Å². The highest BCUT2D eigenvalue weighted by Gasteiger charge is 2.53. The van der Waals surface area contributed by atoms with Crippen molar-refractivity contribution in [3.63, 3.8) is 0 Å². The highest BCUT2D eigenvalue weighted by atomic mass is 16.2. The van der Waals surface area contributed by atoms with Crippen LogP contribution in [0.5, 0.6) is 0 Å². The zero-order valence-corrected chi connectivity index (χ0v) is 11.9. The molecule has 0 aromatic heterocycles. The lowest BCUT2D eigenvalue weighted by atomic mass is 9.76. The summed E-state index contributed by atoms with van der Waals surface area (Å²) in [6, 6.07) is 9.46. The van der Waals surface area contributed by atoms with Gasteiger partial charge in [0.1, 0.15) is 5.54 Å². The predicted octanol–water partition coefficient (Wildman–Crippen LogP) is 1.93. The molecule has 0 radical (unpaired) electrons. The van der Waals surface area contributed by atoms with E-state index in [1.54, 1.807) is 6.92 Å². The van der Waals surface area contributed by atoms with Gasteiger partial charge in [-0.3, -0.25) is 9.69 Å². The molecule has 3 rings (SSSR count). The van der Waals surface area contributed by atoms with Crippen LogP contribution in [0, 0.1) is 17.2 Å². The number of aryl methyl sites for hydroxylation is 1. The van der Waals surface area contributed by atoms with E-state index in [0.29, 0.717) is 6.42 Å². The number of hydrogen-bond acceptors (Lipinski definition) is 3. The Hall–Kier alpha value is -2.35. The summed E-state index contributed by atoms with van der Waals surface area (Å²) in [6.45, 7) is 1.85. The molecule has 1 aromatic carbocycles. The molecule has 1 aliphatic heterocycles. The lowest BCUT2D eigenvalue weighted by Crippen LogP contribution is -2.46. The zero-order valence-electron chi connectivity index (χ0n) is 11.9. The summed E-state index contributed by atoms with van der Waals surface area (Å²) in [5, 5.41) is 11.8. The van der Waals surface area contributed by atoms with Gasteiger partial charge in [-0.1, -0.05) is 24.3 Å². The quantitative estimate of drug-likeness (QED) is 0.843. The minimum atomic E-state index is -0.929. The number of nitrogens with zero attached hydrogens (tertiary/aromatic N) is 2. The van der Waals surface area contributed by atoms with Crippen LogP contribution in [0.4, 0.5) is 4.79 Å². The van der Waals surface area contributed by atoms with Crippen LogP contribution >= 0.6 is 0 Å². The van der Waals surface area contributed by atoms with Crippen molar-refractivity contribution in [1.82, 2.24) is 10.2 Å². The van der Waals surface area contributed by atoms with Gasteiger partial charge in [-0.25, -0.2) is 4.79 Å². The van der Waals surface area contributed by atoms with E-state index < -0.39 is 5.54 Å². The van der Waals surface area contributed by atoms with E-state index in [0.717, 1.165) is 24.0 Å². The molecule has 1 aromatic rings. The summed E-state index contributed by atoms with van der Waals surface area (Å²) in [6.07, 6.45) is 2.41. The predicted molar refractivity (Wildman–Crippen MR) is 76.1 cm³/mol. The molecule has 2 aliphatic rings. The monoisotopic (exact) mass is 283 g/mol. The van der Waals surface area contributed by atoms with Crippen LogP contribution in [0.15, 0.2) is 24.3 Å². The molecule has 5 heteroatoms. The number of imide groups is 1. The lowest BCUT2D eigenvalue weighted by Gasteiger charge is -2.33. The number of carbonyl (C=O) groups excluding carboxylic acids is 2. The van der Waals surface area contributed by atoms with Crippen LogP contribution in [0.3, 0.4) is 0 Å². The van der Waals surface area contributed by atoms with Gasteiger partial charge in [-0.2, -0.15) is 5.26 Å². The Kier molecular flexibility index (Phi) is 3.17. The van der Waals surface area contributed by atoms with Crippen molar-refractivity contribution < 1.29 is 9.59 Å². The maximum absolute atomic E-state index is 12.8. The fourth-order valence-corrected chi connectivity index (χ4v) is 3.29. The Morgan fingerprint density at radius 2 is 2.19 bits per heavy atom. The van der Waals surface area contributed by atoms with Crippen LogP contribution in [-0.4, -0.2) is 23.4 Å². The topological polar surface area (TPSA) is 73.2 Å². The van der Waals surface area contributed by atoms with Crippen molar-refractivity contribution in [1.29, 1.82) is 5.26 Å². The zero-order chi connectivity index (χ0) is 15.0. The van der Waals surface area contributed by atoms with Crippen LogP contribution in [-0.2, 0) is 16.8 Å². The standard InChI is InChI=1S/C16H17N3O2/c1-11(9-17)10-19-14(20)16(18-15(19)21)8-4-6-12-5-2-3-7-13(12)16/h2-3,5,7,11H,4,6,8,10H2,1H3,(H,18,21)/t11-,16+/m0/s1. The number of rotatable bonds is 2. The smallest absolute Gasteiger partial charge is 0.319 e. The molecule has 2 atom stereocenters. The van der Waals surface area contributed by atoms with Crippen molar-refractivity contribution in [3.8, 4) is 6.07 Å². The second-order valence-electron chi connectivity index (χ2n) is 5.79. The summed E-state index contributed by atoms with van der Waals surface area (Å²) < 4.78 is 0. The Labute approximate surface area is 123 Å². The summed E-state index contributed by atoms with van der Waals surface area (Å²) in [4.78, 5) is 26.2. The number of urea groups is 1. The molecule has 1 N–H and O–H groups in total. The minimum absolute atomic E-state index is 0.144. The van der Waals surface area contributed by atoms with Crippen molar-refractivity contribution in [3.05, 3.63) is 35.4 Å². The Morgan fingerprint density at radius 1 is 1.43 bits per heavy atom. The molecule has 1 spiro atoms. The first kappa shape index (κ1) is 13.6. The van der Waals surface area contributed by atoms with E-state index in [1.165, 1.54) is 4.90 Å². The maximum Gasteiger partial charge on any atom is 0.325 e. The third-order valence-electron chi connectivity index (χ3n) is 4.33. The Bertz CT molecular complexity index is 649. The molecule has 108 valence electrons. The van der Waals surface area contributed by atoms with Gasteiger partial charge in [0, 0.05) is 6.54 Å². The second-order valence-corrected chi connectivity index (χ2v) is 5.79. The average Bonchev–Trinajstić information content (AvgIpc) is 2.73. The number of carbonyl (C=O) groups is 2. The minimum Gasteiger partial charge on any atom is -0.319 e. The number of hydrogen-bond donors (Lipinski definition) is 1. The number of nitrogens with one attached hydrogen (secondary N) is 1. The van der Waals surface area contributed by atoms with Gasteiger partial charge in [-0.15, -0.1) is 0 Å². The third kappa shape index (κ3) is 1.99. The van der Waals surface area contributed by atoms with E-state index in [9.17, 15) is 9.59 Å². The highest BCUT2D eigenvalue weighted by Crippen LogP contribution is 2.39. The Morgan fingerprint density at radius 3 is 2.95 bits per heavy atom. The lowest BCUT2D eigenvalue weighted by molar-refractivity contribution is -0.132. The third-order valence-corrected chi connectivity index (χ3v) is 4.33. The van der Waals surface area contributed by atoms with Crippen molar-refractivity contribution in [2.24, 2.45) is 5.92 Å². The second kappa shape index (κ2) is 4.88. The van der Waals surface area contributed by atoms with E-state index in [1.807, 2.05) is 24.3 Å². The van der Waals surface area contributed by atoms with E-state index in [4.69, 9.17) is 5.26 Å². The van der Waals surface area contributed by atoms with Gasteiger partial charge in [-0.05, 0) is 37.3 Å². The van der Waals surface area contributed by atoms with Crippen LogP contribution in [0.2, 0.25) is 0 Å². The molecule has 1 saturated heterocycles. The summed E-state index contributed by atoms with van der Waals surface area (Å²) in [5.74, 6) is -0.588. The van der Waals surface area contributed by atoms with E-state index >= 15 is 0 Å². The molecule has 0 saturated carbocycles. The molecule has 0 unspecified atom stereocenters. The van der Waals surface area contributed by atoms with Crippen molar-refractivity contribution >= 4 is 11.9 Å². The molecule has 1 aliphatic carbocycles. The fourth-order valence-electron chi connectivity index (χ4n) is 3.29. The number of benzene rings is 1. The molecule has 21 heavy (non-hydrogen) atoms. The van der Waals surface area contributed by atoms with E-state index in [2.05, 4.69) is 11.4 Å². The first-order valence-electron chi connectivity index (χ1n) is 7.20. The van der Waals surface area contributed by atoms with Crippen LogP contribution in [0.25, 0.3) is 0 Å². The van der Waals surface area contributed by atoms with Gasteiger partial charge in [0.25, 0.3) is 5.91 Å². The molecular weight excluding hydrogens is 266 g/mol. The molecule has 1 fully saturated rings. The largest absolute Gasteiger partial charge is 0.325 e. The SMILES string of the molecule is C[C@@H](C#N)CN1C(=O)N[C@@]2(CCCc3ccccc32)C1=O. The molecule has 3 amide bonds. The molecule has 5 nitrogen and oxygen atoms in total. The number of fused-ring (bicyclic) bond motifs is 2. The van der Waals surface area contributed by atoms with Gasteiger partial charge in [0.05, 0.1) is 12.0 Å². The molecule has 1 heterocycles. The van der Waals surface area contributed by atoms with Gasteiger partial charge < -0.3 is 5.32 Å². The van der Waals surface area contributed by atoms with Crippen LogP contribution < -0.4 is 5.32 Å². The Balaban J connectivity index is 2.00. The number of amides is 3. The maximum atomic E-state index is 12.8. The van der Waals surface area contributed by atoms with E-state index in [-0.39, 0.29) is 24.4 Å². The van der Waals surface area contributed by atoms with Crippen molar-refractivity contribution in [2.45, 2.75) is 31.7 Å². The fraction of sp³-hybridized carbons (Fsp3) is 0.438. The summed E-state index contributed by atoms with van der Waals surface area (Å²) in [7, 11) is 0. The molecule has 0 bridgehead atoms. The van der Waals surface area contributed by atoms with Crippen molar-refractivity contribution in [2.75, 3.05) is 6.54 Å². The normalized spacial score (nSPS) is 25.4. The highest BCUT2D eigenvalue weighted by molar-refractivity contribution is 6.07. The first-order valence-corrected chi connectivity index (χ1v) is 7.20. The summed E-state index contributed by atoms with van der Waals surface area (Å²) in [5.41, 5.74) is 1.09. The average molecular weight is 283 g/mol. The first-order chi connectivity index (χ1) is 10.1. The van der Waals surface area contributed by atoms with Gasteiger partial charge in [0.15, 0.2) is 0 Å². The summed E-state index contributed by atoms with van der Waals surface area (Å²) >= 11 is 0. The van der Waals surface area contributed by atoms with Gasteiger partial charge >= 0.3 is 6.03 Å². The van der Waals surface area contributed by atoms with Crippen LogP contribution in [0.1, 0.15) is 30.9 Å². The number of nitriles is 1. The molecular formula is C16H17N3O2.